The van der Waals surface area contributed by atoms with Crippen molar-refractivity contribution in [2.24, 2.45) is 29.6 Å². The summed E-state index contributed by atoms with van der Waals surface area (Å²) in [5.74, 6) is 10.6. The predicted molar refractivity (Wildman–Crippen MR) is 360 cm³/mol. The van der Waals surface area contributed by atoms with Crippen LogP contribution in [0.5, 0.6) is 0 Å². The van der Waals surface area contributed by atoms with E-state index in [1.165, 1.54) is 165 Å². The van der Waals surface area contributed by atoms with Gasteiger partial charge >= 0.3 is 0 Å². The third-order valence-electron chi connectivity index (χ3n) is 14.4. The third-order valence-corrected chi connectivity index (χ3v) is 17.5. The summed E-state index contributed by atoms with van der Waals surface area (Å²) in [7, 11) is 1.68. The molecule has 1 saturated heterocycles. The summed E-state index contributed by atoms with van der Waals surface area (Å²) in [6, 6.07) is 0. The van der Waals surface area contributed by atoms with Crippen LogP contribution in [0.15, 0.2) is 87.9 Å². The summed E-state index contributed by atoms with van der Waals surface area (Å²) >= 11 is 5.77. The molecular weight excluding hydrogens is 1100 g/mol. The molecule has 13 heteroatoms. The Kier molecular flexibility index (Phi) is 53.8. The maximum Gasteiger partial charge on any atom is 0.104 e. The minimum absolute atomic E-state index is 0.0700. The summed E-state index contributed by atoms with van der Waals surface area (Å²) in [6.07, 6.45) is 46.3. The second-order valence-electron chi connectivity index (χ2n) is 23.3. The van der Waals surface area contributed by atoms with Crippen LogP contribution in [0.3, 0.4) is 0 Å². The van der Waals surface area contributed by atoms with E-state index in [1.54, 1.807) is 31.0 Å². The Hall–Kier alpha value is -1.17. The van der Waals surface area contributed by atoms with Crippen LogP contribution in [-0.4, -0.2) is 158 Å². The van der Waals surface area contributed by atoms with Crippen LogP contribution in [0.4, 0.5) is 0 Å². The lowest BCUT2D eigenvalue weighted by molar-refractivity contribution is -0.0499. The fourth-order valence-electron chi connectivity index (χ4n) is 8.26. The number of thioether (sulfide) groups is 3. The van der Waals surface area contributed by atoms with Gasteiger partial charge in [0.05, 0.1) is 83.9 Å². The number of epoxide rings is 1. The van der Waals surface area contributed by atoms with Crippen molar-refractivity contribution in [2.75, 3.05) is 122 Å². The van der Waals surface area contributed by atoms with Crippen molar-refractivity contribution in [2.45, 2.75) is 204 Å². The van der Waals surface area contributed by atoms with Gasteiger partial charge in [0, 0.05) is 56.5 Å². The molecule has 0 amide bonds. The molecule has 7 saturated carbocycles. The summed E-state index contributed by atoms with van der Waals surface area (Å²) < 4.78 is 54.4. The van der Waals surface area contributed by atoms with Gasteiger partial charge in [0.2, 0.25) is 0 Å². The molecule has 0 aromatic heterocycles. The molecule has 3 atom stereocenters. The van der Waals surface area contributed by atoms with Crippen molar-refractivity contribution < 1.29 is 47.4 Å². The highest BCUT2D eigenvalue weighted by atomic mass is 32.2. The van der Waals surface area contributed by atoms with Gasteiger partial charge in [0.25, 0.3) is 0 Å². The lowest BCUT2D eigenvalue weighted by Crippen LogP contribution is -2.27. The molecule has 1 heterocycles. The minimum atomic E-state index is 0.0700. The molecular formula is C70H124O10S3. The normalized spacial score (nSPS) is 20.7. The van der Waals surface area contributed by atoms with Gasteiger partial charge in [0.15, 0.2) is 0 Å². The first-order chi connectivity index (χ1) is 40.9. The Labute approximate surface area is 523 Å². The van der Waals surface area contributed by atoms with Gasteiger partial charge in [-0.15, -0.1) is 51.2 Å². The molecule has 0 N–H and O–H groups in total. The van der Waals surface area contributed by atoms with Crippen LogP contribution < -0.4 is 0 Å². The fourth-order valence-corrected chi connectivity index (χ4v) is 10.7. The molecule has 8 aliphatic rings. The Balaban J connectivity index is 0.000000335. The number of hydrogen-bond acceptors (Lipinski definition) is 13. The summed E-state index contributed by atoms with van der Waals surface area (Å²) in [5.41, 5.74) is 0. The molecule has 0 spiro atoms. The first-order valence-corrected chi connectivity index (χ1v) is 36.2. The van der Waals surface area contributed by atoms with Crippen molar-refractivity contribution in [1.29, 1.82) is 0 Å². The van der Waals surface area contributed by atoms with Crippen LogP contribution in [0.1, 0.15) is 167 Å². The molecule has 83 heavy (non-hydrogen) atoms. The van der Waals surface area contributed by atoms with Crippen LogP contribution in [0, 0.1) is 29.6 Å². The van der Waals surface area contributed by atoms with E-state index >= 15 is 0 Å². The molecule has 482 valence electrons. The summed E-state index contributed by atoms with van der Waals surface area (Å²) in [4.78, 5) is 0. The van der Waals surface area contributed by atoms with Crippen molar-refractivity contribution in [1.82, 2.24) is 0 Å². The van der Waals surface area contributed by atoms with Crippen molar-refractivity contribution in [3.8, 4) is 0 Å². The molecule has 8 fully saturated rings. The Morgan fingerprint density at radius 3 is 1.59 bits per heavy atom. The first-order valence-electron chi connectivity index (χ1n) is 32.8. The second kappa shape index (κ2) is 57.3. The Bertz CT molecular complexity index is 1500. The van der Waals surface area contributed by atoms with Crippen LogP contribution in [-0.2, 0) is 47.4 Å². The van der Waals surface area contributed by atoms with Crippen LogP contribution in [0.2, 0.25) is 0 Å². The number of hydrogen-bond donors (Lipinski definition) is 0. The number of ether oxygens (including phenoxy) is 10. The molecule has 3 unspecified atom stereocenters. The van der Waals surface area contributed by atoms with E-state index in [0.717, 1.165) is 113 Å². The average molecular weight is 1220 g/mol. The highest BCUT2D eigenvalue weighted by molar-refractivity contribution is 8.04. The van der Waals surface area contributed by atoms with Gasteiger partial charge in [-0.3, -0.25) is 0 Å². The Morgan fingerprint density at radius 2 is 1.06 bits per heavy atom. The number of rotatable bonds is 48. The highest BCUT2D eigenvalue weighted by Gasteiger charge is 2.31. The van der Waals surface area contributed by atoms with Gasteiger partial charge in [-0.05, 0) is 169 Å². The molecule has 0 radical (unpaired) electrons. The summed E-state index contributed by atoms with van der Waals surface area (Å²) in [6.45, 7) is 38.0. The van der Waals surface area contributed by atoms with Crippen molar-refractivity contribution >= 4 is 35.3 Å². The largest absolute Gasteiger partial charge is 0.382 e. The summed E-state index contributed by atoms with van der Waals surface area (Å²) in [5, 5.41) is 1.91. The first kappa shape index (κ1) is 77.9. The number of allylic oxidation sites excluding steroid dienone is 1. The van der Waals surface area contributed by atoms with E-state index in [1.807, 2.05) is 53.2 Å². The van der Waals surface area contributed by atoms with E-state index in [9.17, 15) is 0 Å². The van der Waals surface area contributed by atoms with Gasteiger partial charge in [-0.1, -0.05) is 82.1 Å². The quantitative estimate of drug-likeness (QED) is 0.0329. The minimum Gasteiger partial charge on any atom is -0.382 e. The number of unbranched alkanes of at least 4 members (excludes halogenated alkanes) is 6. The molecule has 1 aliphatic heterocycles. The lowest BCUT2D eigenvalue weighted by atomic mass is 9.95. The van der Waals surface area contributed by atoms with Gasteiger partial charge in [-0.25, -0.2) is 0 Å². The van der Waals surface area contributed by atoms with E-state index in [2.05, 4.69) is 53.0 Å². The van der Waals surface area contributed by atoms with Gasteiger partial charge in [0.1, 0.15) is 12.2 Å². The van der Waals surface area contributed by atoms with E-state index in [-0.39, 0.29) is 6.10 Å². The molecule has 0 aromatic rings. The van der Waals surface area contributed by atoms with Crippen molar-refractivity contribution in [3.63, 3.8) is 0 Å². The zero-order chi connectivity index (χ0) is 59.9. The maximum atomic E-state index is 5.88. The van der Waals surface area contributed by atoms with Gasteiger partial charge < -0.3 is 47.4 Å². The Morgan fingerprint density at radius 1 is 0.494 bits per heavy atom. The van der Waals surface area contributed by atoms with Crippen molar-refractivity contribution in [3.05, 3.63) is 87.9 Å². The molecule has 0 aromatic carbocycles. The SMILES string of the molecule is C=CCCCCCCCCOCC1CO1.C=CCOC(CCC)C1CC1.C=CCOC1CC1.C=CCOC1CCC(OCC2CC2)CC1.C=CCOCC(COC)OCC1CC1.C=CCSCC1CC1.C=CSCCSCCOCC1CC1. The molecule has 0 bridgehead atoms. The monoisotopic (exact) mass is 1220 g/mol. The molecule has 8 rings (SSSR count). The van der Waals surface area contributed by atoms with Crippen LogP contribution >= 0.6 is 35.3 Å². The highest BCUT2D eigenvalue weighted by Crippen LogP contribution is 2.36. The van der Waals surface area contributed by atoms with Gasteiger partial charge in [-0.2, -0.15) is 23.5 Å². The zero-order valence-electron chi connectivity index (χ0n) is 53.1. The zero-order valence-corrected chi connectivity index (χ0v) is 55.5. The lowest BCUT2D eigenvalue weighted by Gasteiger charge is -2.28. The standard InChI is InChI=1S/C13H22O2.C13H24O2.C11H20O3.C10H18OS2.C10H18O.C7H12S.C6H10O/c1-2-9-14-12-5-7-13(8-6-12)15-10-11-3-4-11;1-2-3-4-5-6-7-8-9-10-14-11-13-12-15-13;1-3-6-13-9-11(8-12-2)14-7-10-4-5-10;1-2-12-7-8-13-6-5-11-9-10-3-4-10;1-3-5-10(9-6-7-9)11-8-4-2;1-2-5-8-6-7-3-4-7;1-2-5-7-6-3-4-6/h2,11-13H,1,3-10H2;2,13H,1,3-12H2;3,10-11H,1,4-9H2,2H3;2,10H,1,3-9H2;4,9-10H,2-3,5-8H2,1H3;2,7H,1,3-6H2;2,6H,1,3-5H2. The van der Waals surface area contributed by atoms with E-state index < -0.39 is 0 Å². The maximum absolute atomic E-state index is 5.88. The number of methoxy groups -OCH3 is 1. The topological polar surface area (TPSA) is 95.6 Å². The van der Waals surface area contributed by atoms with Crippen LogP contribution in [0.25, 0.3) is 0 Å². The van der Waals surface area contributed by atoms with E-state index in [0.29, 0.717) is 56.9 Å². The third kappa shape index (κ3) is 57.1. The predicted octanol–water partition coefficient (Wildman–Crippen LogP) is 17.3. The second-order valence-corrected chi connectivity index (χ2v) is 26.6. The van der Waals surface area contributed by atoms with E-state index in [4.69, 9.17) is 47.4 Å². The smallest absolute Gasteiger partial charge is 0.104 e. The fraction of sp³-hybridized carbons (Fsp3) is 0.800. The molecule has 7 aliphatic carbocycles. The molecule has 10 nitrogen and oxygen atoms in total. The average Bonchev–Trinajstić information content (AvgIpc) is 4.34.